The van der Waals surface area contributed by atoms with Crippen molar-refractivity contribution in [2.24, 2.45) is 7.05 Å². The van der Waals surface area contributed by atoms with E-state index in [1.807, 2.05) is 0 Å². The number of hydrogen-bond donors (Lipinski definition) is 1. The first-order chi connectivity index (χ1) is 3.72. The van der Waals surface area contributed by atoms with Gasteiger partial charge in [-0.1, -0.05) is 4.85 Å². The van der Waals surface area contributed by atoms with Crippen LogP contribution in [0.1, 0.15) is 0 Å². The van der Waals surface area contributed by atoms with Crippen LogP contribution < -0.4 is 5.56 Å². The molecule has 4 nitrogen and oxygen atoms in total. The molecule has 0 unspecified atom stereocenters. The highest BCUT2D eigenvalue weighted by Gasteiger charge is 1.91. The second kappa shape index (κ2) is 1.40. The number of aryl methyl sites for hydroxylation is 1. The molecule has 0 aliphatic heterocycles. The average Bonchev–Trinajstić information content (AvgIpc) is 1.98. The lowest BCUT2D eigenvalue weighted by Gasteiger charge is -1.92. The summed E-state index contributed by atoms with van der Waals surface area (Å²) in [5.41, 5.74) is -0.410. The Morgan fingerprint density at radius 1 is 1.75 bits per heavy atom. The fourth-order valence-corrected chi connectivity index (χ4v) is 0.457. The van der Waals surface area contributed by atoms with Crippen LogP contribution in [-0.2, 0) is 7.05 Å². The number of nitrogens with zero attached hydrogens (tertiary/aromatic N) is 2. The van der Waals surface area contributed by atoms with Crippen molar-refractivity contribution in [3.05, 3.63) is 22.6 Å². The van der Waals surface area contributed by atoms with Gasteiger partial charge in [-0.3, -0.25) is 9.48 Å². The highest BCUT2D eigenvalue weighted by Crippen LogP contribution is 1.72. The molecule has 0 saturated heterocycles. The molecule has 0 aliphatic rings. The van der Waals surface area contributed by atoms with E-state index in [4.69, 9.17) is 5.21 Å². The van der Waals surface area contributed by atoms with E-state index >= 15 is 0 Å². The molecule has 1 aromatic heterocycles. The zero-order valence-corrected chi connectivity index (χ0v) is 4.40. The number of hydrogen-bond acceptors (Lipinski definition) is 2. The van der Waals surface area contributed by atoms with Crippen LogP contribution in [0.15, 0.2) is 17.1 Å². The topological polar surface area (TPSA) is 47.2 Å². The van der Waals surface area contributed by atoms with Crippen molar-refractivity contribution in [1.82, 2.24) is 9.53 Å². The van der Waals surface area contributed by atoms with E-state index in [2.05, 4.69) is 0 Å². The normalized spacial score (nSPS) is 9.62. The van der Waals surface area contributed by atoms with Gasteiger partial charge in [0, 0.05) is 19.3 Å². The maximum absolute atomic E-state index is 10.3. The fraction of sp³-hybridized carbons (Fsp3) is 0.250. The molecule has 1 aromatic rings. The monoisotopic (exact) mass is 114 g/mol. The van der Waals surface area contributed by atoms with Crippen LogP contribution in [0.2, 0.25) is 0 Å². The smallest absolute Gasteiger partial charge is 0.302 e. The van der Waals surface area contributed by atoms with Crippen LogP contribution in [0, 0.1) is 0 Å². The SMILES string of the molecule is Cn1ccc(=O)n1O. The van der Waals surface area contributed by atoms with Crippen LogP contribution in [0.3, 0.4) is 0 Å². The van der Waals surface area contributed by atoms with E-state index in [1.165, 1.54) is 16.9 Å². The Bertz CT molecular complexity index is 234. The second-order valence-electron chi connectivity index (χ2n) is 1.52. The van der Waals surface area contributed by atoms with Crippen molar-refractivity contribution in [2.45, 2.75) is 0 Å². The van der Waals surface area contributed by atoms with Crippen LogP contribution in [0.5, 0.6) is 0 Å². The minimum atomic E-state index is -0.410. The lowest BCUT2D eigenvalue weighted by molar-refractivity contribution is 0.109. The van der Waals surface area contributed by atoms with Crippen LogP contribution in [0.4, 0.5) is 0 Å². The molecule has 0 bridgehead atoms. The third-order valence-corrected chi connectivity index (χ3v) is 0.929. The van der Waals surface area contributed by atoms with Crippen LogP contribution >= 0.6 is 0 Å². The average molecular weight is 114 g/mol. The summed E-state index contributed by atoms with van der Waals surface area (Å²) in [7, 11) is 1.57. The Morgan fingerprint density at radius 3 is 2.50 bits per heavy atom. The van der Waals surface area contributed by atoms with Gasteiger partial charge < -0.3 is 5.21 Å². The molecule has 0 atom stereocenters. The van der Waals surface area contributed by atoms with Gasteiger partial charge in [0.1, 0.15) is 0 Å². The Balaban J connectivity index is 3.41. The lowest BCUT2D eigenvalue weighted by atomic mass is 10.7. The van der Waals surface area contributed by atoms with Crippen molar-refractivity contribution in [2.75, 3.05) is 0 Å². The summed E-state index contributed by atoms with van der Waals surface area (Å²) in [6.07, 6.45) is 1.47. The summed E-state index contributed by atoms with van der Waals surface area (Å²) < 4.78 is 1.28. The molecule has 0 spiro atoms. The van der Waals surface area contributed by atoms with Gasteiger partial charge in [-0.25, -0.2) is 0 Å². The maximum Gasteiger partial charge on any atom is 0.302 e. The van der Waals surface area contributed by atoms with E-state index in [-0.39, 0.29) is 0 Å². The summed E-state index contributed by atoms with van der Waals surface area (Å²) in [6.45, 7) is 0. The first kappa shape index (κ1) is 4.96. The van der Waals surface area contributed by atoms with Crippen molar-refractivity contribution < 1.29 is 5.21 Å². The highest BCUT2D eigenvalue weighted by molar-refractivity contribution is 4.79. The van der Waals surface area contributed by atoms with E-state index < -0.39 is 5.56 Å². The summed E-state index contributed by atoms with van der Waals surface area (Å²) >= 11 is 0. The van der Waals surface area contributed by atoms with Crippen LogP contribution in [-0.4, -0.2) is 14.7 Å². The molecule has 1 rings (SSSR count). The minimum Gasteiger partial charge on any atom is -0.410 e. The molecule has 0 saturated carbocycles. The van der Waals surface area contributed by atoms with Gasteiger partial charge in [0.2, 0.25) is 0 Å². The molecular weight excluding hydrogens is 108 g/mol. The zero-order valence-electron chi connectivity index (χ0n) is 4.40. The lowest BCUT2D eigenvalue weighted by Crippen LogP contribution is -2.17. The van der Waals surface area contributed by atoms with E-state index in [1.54, 1.807) is 7.05 Å². The number of aromatic nitrogens is 2. The van der Waals surface area contributed by atoms with E-state index in [9.17, 15) is 4.79 Å². The van der Waals surface area contributed by atoms with E-state index in [0.717, 1.165) is 0 Å². The molecule has 1 heterocycles. The molecule has 1 N–H and O–H groups in total. The molecule has 0 fully saturated rings. The predicted octanol–water partition coefficient (Wildman–Crippen LogP) is -0.576. The summed E-state index contributed by atoms with van der Waals surface area (Å²) in [4.78, 5) is 10.9. The first-order valence-corrected chi connectivity index (χ1v) is 2.16. The summed E-state index contributed by atoms with van der Waals surface area (Å²) in [5.74, 6) is 0. The fourth-order valence-electron chi connectivity index (χ4n) is 0.457. The molecule has 0 amide bonds. The summed E-state index contributed by atoms with van der Waals surface area (Å²) in [6, 6.07) is 1.28. The molecular formula is C4H6N2O2. The molecule has 0 aliphatic carbocycles. The van der Waals surface area contributed by atoms with Crippen LogP contribution in [0.25, 0.3) is 0 Å². The standard InChI is InChI=1S/C4H6N2O2/c1-5-3-2-4(7)6(5)8/h2-3,8H,1H3. The second-order valence-corrected chi connectivity index (χ2v) is 1.52. The molecule has 8 heavy (non-hydrogen) atoms. The van der Waals surface area contributed by atoms with Crippen molar-refractivity contribution in [3.63, 3.8) is 0 Å². The first-order valence-electron chi connectivity index (χ1n) is 2.16. The number of rotatable bonds is 0. The third-order valence-electron chi connectivity index (χ3n) is 0.929. The quantitative estimate of drug-likeness (QED) is 0.459. The van der Waals surface area contributed by atoms with Gasteiger partial charge in [-0.15, -0.1) is 0 Å². The maximum atomic E-state index is 10.3. The minimum absolute atomic E-state index is 0.410. The van der Waals surface area contributed by atoms with Gasteiger partial charge >= 0.3 is 5.56 Å². The van der Waals surface area contributed by atoms with Crippen molar-refractivity contribution in [3.8, 4) is 0 Å². The Labute approximate surface area is 45.5 Å². The van der Waals surface area contributed by atoms with Gasteiger partial charge in [0.05, 0.1) is 0 Å². The molecule has 44 valence electrons. The predicted molar refractivity (Wildman–Crippen MR) is 26.9 cm³/mol. The van der Waals surface area contributed by atoms with Crippen molar-refractivity contribution >= 4 is 0 Å². The van der Waals surface area contributed by atoms with Gasteiger partial charge in [-0.2, -0.15) is 0 Å². The summed E-state index contributed by atoms with van der Waals surface area (Å²) in [5, 5.41) is 8.61. The zero-order chi connectivity index (χ0) is 6.15. The highest BCUT2D eigenvalue weighted by atomic mass is 16.5. The van der Waals surface area contributed by atoms with Gasteiger partial charge in [0.25, 0.3) is 0 Å². The molecule has 0 aromatic carbocycles. The Hall–Kier alpha value is -1.19. The molecule has 0 radical (unpaired) electrons. The van der Waals surface area contributed by atoms with Gasteiger partial charge in [0.15, 0.2) is 0 Å². The largest absolute Gasteiger partial charge is 0.410 e. The van der Waals surface area contributed by atoms with Crippen molar-refractivity contribution in [1.29, 1.82) is 0 Å². The Kier molecular flexibility index (Phi) is 0.865. The van der Waals surface area contributed by atoms with E-state index in [0.29, 0.717) is 4.85 Å². The van der Waals surface area contributed by atoms with Gasteiger partial charge in [-0.05, 0) is 0 Å². The molecule has 4 heteroatoms. The third kappa shape index (κ3) is 0.501. The Morgan fingerprint density at radius 2 is 2.38 bits per heavy atom.